The smallest absolute Gasteiger partial charge is 0.0534 e. The minimum absolute atomic E-state index is 0.826. The van der Waals surface area contributed by atoms with Crippen molar-refractivity contribution >= 4 is 5.69 Å². The Morgan fingerprint density at radius 2 is 2.00 bits per heavy atom. The first-order valence-electron chi connectivity index (χ1n) is 6.79. The molecule has 0 aliphatic rings. The minimum atomic E-state index is 0.826. The number of nitrogens with zero attached hydrogens (tertiary/aromatic N) is 3. The predicted octanol–water partition coefficient (Wildman–Crippen LogP) is 2.51. The lowest BCUT2D eigenvalue weighted by atomic mass is 10.2. The standard InChI is InChI=1S/C15H22N4/c1-3-18(10-13-6-5-7-15(16)8-13)11-14-9-17-19(4-2)12-14/h5-9,12H,3-4,10-11,16H2,1-2H3. The molecule has 102 valence electrons. The average Bonchev–Trinajstić information content (AvgIpc) is 2.85. The lowest BCUT2D eigenvalue weighted by molar-refractivity contribution is 0.271. The van der Waals surface area contributed by atoms with E-state index in [0.29, 0.717) is 0 Å². The molecule has 0 unspecified atom stereocenters. The van der Waals surface area contributed by atoms with Gasteiger partial charge in [-0.3, -0.25) is 9.58 Å². The van der Waals surface area contributed by atoms with E-state index >= 15 is 0 Å². The first-order valence-corrected chi connectivity index (χ1v) is 6.79. The molecule has 0 aliphatic carbocycles. The number of hydrogen-bond acceptors (Lipinski definition) is 3. The molecule has 2 aromatic rings. The summed E-state index contributed by atoms with van der Waals surface area (Å²) in [5, 5.41) is 4.31. The van der Waals surface area contributed by atoms with E-state index in [0.717, 1.165) is 31.9 Å². The van der Waals surface area contributed by atoms with Crippen LogP contribution in [0.15, 0.2) is 36.7 Å². The second-order valence-electron chi connectivity index (χ2n) is 4.75. The molecule has 2 rings (SSSR count). The Balaban J connectivity index is 2.00. The van der Waals surface area contributed by atoms with Crippen LogP contribution in [0.1, 0.15) is 25.0 Å². The Morgan fingerprint density at radius 1 is 1.21 bits per heavy atom. The molecule has 0 fully saturated rings. The molecular weight excluding hydrogens is 236 g/mol. The van der Waals surface area contributed by atoms with Gasteiger partial charge in [0.2, 0.25) is 0 Å². The highest BCUT2D eigenvalue weighted by Gasteiger charge is 2.07. The highest BCUT2D eigenvalue weighted by Crippen LogP contribution is 2.12. The van der Waals surface area contributed by atoms with E-state index in [-0.39, 0.29) is 0 Å². The molecular formula is C15H22N4. The van der Waals surface area contributed by atoms with Gasteiger partial charge in [0.1, 0.15) is 0 Å². The maximum absolute atomic E-state index is 5.82. The monoisotopic (exact) mass is 258 g/mol. The average molecular weight is 258 g/mol. The van der Waals surface area contributed by atoms with Crippen molar-refractivity contribution < 1.29 is 0 Å². The number of aromatic nitrogens is 2. The van der Waals surface area contributed by atoms with Gasteiger partial charge in [-0.05, 0) is 31.2 Å². The number of aryl methyl sites for hydroxylation is 1. The van der Waals surface area contributed by atoms with Crippen molar-refractivity contribution in [3.8, 4) is 0 Å². The topological polar surface area (TPSA) is 47.1 Å². The Kier molecular flexibility index (Phi) is 4.58. The largest absolute Gasteiger partial charge is 0.399 e. The second-order valence-corrected chi connectivity index (χ2v) is 4.75. The molecule has 0 aliphatic heterocycles. The normalized spacial score (nSPS) is 11.1. The molecule has 1 aromatic carbocycles. The van der Waals surface area contributed by atoms with Gasteiger partial charge in [0.15, 0.2) is 0 Å². The zero-order valence-corrected chi connectivity index (χ0v) is 11.7. The quantitative estimate of drug-likeness (QED) is 0.810. The van der Waals surface area contributed by atoms with Crippen molar-refractivity contribution in [2.45, 2.75) is 33.5 Å². The number of nitrogens with two attached hydrogens (primary N) is 1. The van der Waals surface area contributed by atoms with Crippen molar-refractivity contribution in [1.82, 2.24) is 14.7 Å². The van der Waals surface area contributed by atoms with Gasteiger partial charge < -0.3 is 5.73 Å². The Hall–Kier alpha value is -1.81. The summed E-state index contributed by atoms with van der Waals surface area (Å²) in [5.41, 5.74) is 9.16. The van der Waals surface area contributed by atoms with Crippen molar-refractivity contribution in [2.75, 3.05) is 12.3 Å². The van der Waals surface area contributed by atoms with Gasteiger partial charge in [-0.2, -0.15) is 5.10 Å². The molecule has 2 N–H and O–H groups in total. The molecule has 4 nitrogen and oxygen atoms in total. The molecule has 0 radical (unpaired) electrons. The summed E-state index contributed by atoms with van der Waals surface area (Å²) in [6.07, 6.45) is 4.06. The summed E-state index contributed by atoms with van der Waals surface area (Å²) < 4.78 is 1.96. The summed E-state index contributed by atoms with van der Waals surface area (Å²) in [4.78, 5) is 2.38. The van der Waals surface area contributed by atoms with E-state index in [9.17, 15) is 0 Å². The van der Waals surface area contributed by atoms with E-state index in [4.69, 9.17) is 5.73 Å². The summed E-state index contributed by atoms with van der Waals surface area (Å²) >= 11 is 0. The van der Waals surface area contributed by atoms with Crippen molar-refractivity contribution in [3.05, 3.63) is 47.8 Å². The zero-order valence-electron chi connectivity index (χ0n) is 11.7. The van der Waals surface area contributed by atoms with Gasteiger partial charge in [-0.1, -0.05) is 19.1 Å². The molecule has 0 bridgehead atoms. The fourth-order valence-electron chi connectivity index (χ4n) is 2.15. The third kappa shape index (κ3) is 3.83. The Labute approximate surface area is 114 Å². The molecule has 0 amide bonds. The van der Waals surface area contributed by atoms with Crippen LogP contribution in [0.5, 0.6) is 0 Å². The summed E-state index contributed by atoms with van der Waals surface area (Å²) in [6, 6.07) is 8.09. The number of rotatable bonds is 6. The molecule has 1 aromatic heterocycles. The van der Waals surface area contributed by atoms with Gasteiger partial charge in [0.25, 0.3) is 0 Å². The van der Waals surface area contributed by atoms with E-state index < -0.39 is 0 Å². The third-order valence-corrected chi connectivity index (χ3v) is 3.22. The lowest BCUT2D eigenvalue weighted by Crippen LogP contribution is -2.22. The van der Waals surface area contributed by atoms with E-state index in [1.54, 1.807) is 0 Å². The van der Waals surface area contributed by atoms with Gasteiger partial charge in [0, 0.05) is 37.1 Å². The van der Waals surface area contributed by atoms with Gasteiger partial charge >= 0.3 is 0 Å². The third-order valence-electron chi connectivity index (χ3n) is 3.22. The van der Waals surface area contributed by atoms with Crippen molar-refractivity contribution in [3.63, 3.8) is 0 Å². The molecule has 1 heterocycles. The van der Waals surface area contributed by atoms with Crippen molar-refractivity contribution in [2.24, 2.45) is 0 Å². The van der Waals surface area contributed by atoms with Crippen LogP contribution in [-0.4, -0.2) is 21.2 Å². The van der Waals surface area contributed by atoms with E-state index in [1.807, 2.05) is 29.1 Å². The van der Waals surface area contributed by atoms with Crippen LogP contribution in [0.3, 0.4) is 0 Å². The first kappa shape index (κ1) is 13.6. The van der Waals surface area contributed by atoms with Crippen LogP contribution in [0.2, 0.25) is 0 Å². The first-order chi connectivity index (χ1) is 9.21. The predicted molar refractivity (Wildman–Crippen MR) is 78.5 cm³/mol. The number of nitrogen functional groups attached to an aromatic ring is 1. The van der Waals surface area contributed by atoms with Crippen LogP contribution < -0.4 is 5.73 Å². The maximum Gasteiger partial charge on any atom is 0.0534 e. The lowest BCUT2D eigenvalue weighted by Gasteiger charge is -2.19. The molecule has 19 heavy (non-hydrogen) atoms. The number of anilines is 1. The molecule has 0 spiro atoms. The Bertz CT molecular complexity index is 518. The van der Waals surface area contributed by atoms with Crippen LogP contribution in [-0.2, 0) is 19.6 Å². The summed E-state index contributed by atoms with van der Waals surface area (Å²) in [7, 11) is 0. The second kappa shape index (κ2) is 6.38. The number of hydrogen-bond donors (Lipinski definition) is 1. The SMILES string of the molecule is CCN(Cc1cccc(N)c1)Cc1cnn(CC)c1. The molecule has 0 atom stereocenters. The number of benzene rings is 1. The fourth-order valence-corrected chi connectivity index (χ4v) is 2.15. The zero-order chi connectivity index (χ0) is 13.7. The molecule has 0 saturated carbocycles. The fraction of sp³-hybridized carbons (Fsp3) is 0.400. The summed E-state index contributed by atoms with van der Waals surface area (Å²) in [5.74, 6) is 0. The maximum atomic E-state index is 5.82. The van der Waals surface area contributed by atoms with Crippen LogP contribution in [0.25, 0.3) is 0 Å². The Morgan fingerprint density at radius 3 is 2.63 bits per heavy atom. The van der Waals surface area contributed by atoms with Crippen LogP contribution in [0.4, 0.5) is 5.69 Å². The van der Waals surface area contributed by atoms with Crippen LogP contribution in [0, 0.1) is 0 Å². The highest BCUT2D eigenvalue weighted by atomic mass is 15.3. The molecule has 4 heteroatoms. The van der Waals surface area contributed by atoms with E-state index in [1.165, 1.54) is 11.1 Å². The van der Waals surface area contributed by atoms with E-state index in [2.05, 4.69) is 36.1 Å². The summed E-state index contributed by atoms with van der Waals surface area (Å²) in [6.45, 7) is 8.04. The van der Waals surface area contributed by atoms with Crippen LogP contribution >= 0.6 is 0 Å². The van der Waals surface area contributed by atoms with Gasteiger partial charge in [-0.15, -0.1) is 0 Å². The van der Waals surface area contributed by atoms with Crippen molar-refractivity contribution in [1.29, 1.82) is 0 Å². The highest BCUT2D eigenvalue weighted by molar-refractivity contribution is 5.40. The van der Waals surface area contributed by atoms with Gasteiger partial charge in [-0.25, -0.2) is 0 Å². The minimum Gasteiger partial charge on any atom is -0.399 e. The van der Waals surface area contributed by atoms with Gasteiger partial charge in [0.05, 0.1) is 6.20 Å². The molecule has 0 saturated heterocycles.